The molecular formula is C14H18N2O2. The normalized spacial score (nSPS) is 24.5. The summed E-state index contributed by atoms with van der Waals surface area (Å²) in [6.45, 7) is 2.46. The molecule has 1 amide bonds. The summed E-state index contributed by atoms with van der Waals surface area (Å²) in [5, 5.41) is 0. The highest BCUT2D eigenvalue weighted by Gasteiger charge is 2.43. The number of rotatable bonds is 2. The van der Waals surface area contributed by atoms with Gasteiger partial charge in [-0.3, -0.25) is 4.79 Å². The second-order valence-electron chi connectivity index (χ2n) is 5.32. The molecule has 96 valence electrons. The molecule has 0 spiro atoms. The van der Waals surface area contributed by atoms with Crippen molar-refractivity contribution < 1.29 is 9.53 Å². The maximum absolute atomic E-state index is 11.8. The largest absolute Gasteiger partial charge is 0.479 e. The van der Waals surface area contributed by atoms with E-state index in [2.05, 4.69) is 12.1 Å². The Hall–Kier alpha value is -1.55. The number of benzene rings is 1. The van der Waals surface area contributed by atoms with E-state index in [0.717, 1.165) is 24.3 Å². The molecule has 0 radical (unpaired) electrons. The molecule has 1 heterocycles. The smallest absolute Gasteiger partial charge is 0.267 e. The number of amides is 1. The number of fused-ring (bicyclic) bond motifs is 1. The van der Waals surface area contributed by atoms with Crippen LogP contribution in [-0.2, 0) is 10.2 Å². The average molecular weight is 246 g/mol. The molecule has 0 bridgehead atoms. The zero-order chi connectivity index (χ0) is 12.9. The van der Waals surface area contributed by atoms with E-state index < -0.39 is 6.10 Å². The quantitative estimate of drug-likeness (QED) is 0.858. The van der Waals surface area contributed by atoms with E-state index in [1.54, 1.807) is 18.9 Å². The van der Waals surface area contributed by atoms with Gasteiger partial charge in [-0.1, -0.05) is 6.07 Å². The second kappa shape index (κ2) is 3.72. The highest BCUT2D eigenvalue weighted by molar-refractivity contribution is 5.99. The van der Waals surface area contributed by atoms with Crippen molar-refractivity contribution in [3.05, 3.63) is 23.8 Å². The van der Waals surface area contributed by atoms with Gasteiger partial charge < -0.3 is 15.4 Å². The van der Waals surface area contributed by atoms with E-state index in [0.29, 0.717) is 6.54 Å². The fourth-order valence-electron chi connectivity index (χ4n) is 2.61. The molecule has 1 unspecified atom stereocenters. The van der Waals surface area contributed by atoms with Crippen LogP contribution >= 0.6 is 0 Å². The first kappa shape index (κ1) is 11.5. The van der Waals surface area contributed by atoms with Gasteiger partial charge in [-0.15, -0.1) is 0 Å². The molecule has 3 rings (SSSR count). The van der Waals surface area contributed by atoms with E-state index in [9.17, 15) is 4.79 Å². The van der Waals surface area contributed by atoms with Crippen LogP contribution in [0.3, 0.4) is 0 Å². The van der Waals surface area contributed by atoms with Crippen LogP contribution in [0.15, 0.2) is 18.2 Å². The molecule has 1 fully saturated rings. The van der Waals surface area contributed by atoms with Crippen molar-refractivity contribution in [2.24, 2.45) is 5.73 Å². The predicted molar refractivity (Wildman–Crippen MR) is 69.9 cm³/mol. The van der Waals surface area contributed by atoms with Crippen molar-refractivity contribution in [1.82, 2.24) is 0 Å². The van der Waals surface area contributed by atoms with Crippen molar-refractivity contribution in [3.63, 3.8) is 0 Å². The van der Waals surface area contributed by atoms with E-state index in [1.807, 2.05) is 6.07 Å². The van der Waals surface area contributed by atoms with Crippen molar-refractivity contribution in [2.45, 2.75) is 31.3 Å². The molecule has 0 aromatic heterocycles. The fraction of sp³-hybridized carbons (Fsp3) is 0.500. The summed E-state index contributed by atoms with van der Waals surface area (Å²) in [4.78, 5) is 13.5. The fourth-order valence-corrected chi connectivity index (χ4v) is 2.61. The SMILES string of the molecule is CC1Oc2cc(C3(CN)CC3)ccc2N(C)C1=O. The molecule has 1 aromatic rings. The Morgan fingerprint density at radius 2 is 2.22 bits per heavy atom. The monoisotopic (exact) mass is 246 g/mol. The molecule has 4 nitrogen and oxygen atoms in total. The summed E-state index contributed by atoms with van der Waals surface area (Å²) < 4.78 is 5.69. The minimum Gasteiger partial charge on any atom is -0.479 e. The molecule has 2 aliphatic rings. The van der Waals surface area contributed by atoms with Gasteiger partial charge in [0.1, 0.15) is 5.75 Å². The zero-order valence-electron chi connectivity index (χ0n) is 10.8. The van der Waals surface area contributed by atoms with Crippen LogP contribution in [0.4, 0.5) is 5.69 Å². The Kier molecular flexibility index (Phi) is 2.38. The standard InChI is InChI=1S/C14H18N2O2/c1-9-13(17)16(2)11-4-3-10(7-12(11)18-9)14(8-15)5-6-14/h3-4,7,9H,5-6,8,15H2,1-2H3. The van der Waals surface area contributed by atoms with Crippen molar-refractivity contribution in [1.29, 1.82) is 0 Å². The van der Waals surface area contributed by atoms with Crippen LogP contribution < -0.4 is 15.4 Å². The number of hydrogen-bond acceptors (Lipinski definition) is 3. The van der Waals surface area contributed by atoms with Gasteiger partial charge in [-0.05, 0) is 37.5 Å². The maximum atomic E-state index is 11.8. The summed E-state index contributed by atoms with van der Waals surface area (Å²) >= 11 is 0. The number of carbonyl (C=O) groups is 1. The molecule has 1 aliphatic carbocycles. The molecule has 2 N–H and O–H groups in total. The minimum atomic E-state index is -0.411. The summed E-state index contributed by atoms with van der Waals surface area (Å²) in [7, 11) is 1.79. The lowest BCUT2D eigenvalue weighted by Crippen LogP contribution is -2.42. The number of nitrogens with two attached hydrogens (primary N) is 1. The number of carbonyl (C=O) groups excluding carboxylic acids is 1. The molecular weight excluding hydrogens is 228 g/mol. The number of likely N-dealkylation sites (N-methyl/N-ethyl adjacent to an activating group) is 1. The first-order valence-corrected chi connectivity index (χ1v) is 6.36. The van der Waals surface area contributed by atoms with Crippen molar-refractivity contribution in [3.8, 4) is 5.75 Å². The molecule has 1 aliphatic heterocycles. The second-order valence-corrected chi connectivity index (χ2v) is 5.32. The van der Waals surface area contributed by atoms with Crippen LogP contribution in [-0.4, -0.2) is 25.6 Å². The van der Waals surface area contributed by atoms with Gasteiger partial charge in [0.2, 0.25) is 0 Å². The van der Waals surface area contributed by atoms with Crippen LogP contribution in [0.5, 0.6) is 5.75 Å². The van der Waals surface area contributed by atoms with Crippen LogP contribution in [0.2, 0.25) is 0 Å². The highest BCUT2D eigenvalue weighted by Crippen LogP contribution is 2.49. The summed E-state index contributed by atoms with van der Waals surface area (Å²) in [6, 6.07) is 6.08. The summed E-state index contributed by atoms with van der Waals surface area (Å²) in [5.74, 6) is 0.789. The lowest BCUT2D eigenvalue weighted by atomic mass is 9.95. The van der Waals surface area contributed by atoms with Gasteiger partial charge in [0, 0.05) is 19.0 Å². The van der Waals surface area contributed by atoms with Gasteiger partial charge in [-0.25, -0.2) is 0 Å². The van der Waals surface area contributed by atoms with Gasteiger partial charge in [-0.2, -0.15) is 0 Å². The van der Waals surface area contributed by atoms with E-state index in [4.69, 9.17) is 10.5 Å². The van der Waals surface area contributed by atoms with Gasteiger partial charge in [0.25, 0.3) is 5.91 Å². The van der Waals surface area contributed by atoms with Gasteiger partial charge >= 0.3 is 0 Å². The average Bonchev–Trinajstić information content (AvgIpc) is 3.16. The lowest BCUT2D eigenvalue weighted by Gasteiger charge is -2.31. The third-order valence-electron chi connectivity index (χ3n) is 4.16. The lowest BCUT2D eigenvalue weighted by molar-refractivity contribution is -0.125. The first-order valence-electron chi connectivity index (χ1n) is 6.36. The Morgan fingerprint density at radius 3 is 2.83 bits per heavy atom. The van der Waals surface area contributed by atoms with E-state index >= 15 is 0 Å². The van der Waals surface area contributed by atoms with Crippen LogP contribution in [0.25, 0.3) is 0 Å². The third kappa shape index (κ3) is 1.52. The maximum Gasteiger partial charge on any atom is 0.267 e. The number of ether oxygens (including phenoxy) is 1. The minimum absolute atomic E-state index is 0.00444. The number of hydrogen-bond donors (Lipinski definition) is 1. The molecule has 1 saturated carbocycles. The van der Waals surface area contributed by atoms with Gasteiger partial charge in [0.15, 0.2) is 6.10 Å². The highest BCUT2D eigenvalue weighted by atomic mass is 16.5. The Bertz CT molecular complexity index is 509. The Labute approximate surface area is 107 Å². The van der Waals surface area contributed by atoms with Crippen molar-refractivity contribution >= 4 is 11.6 Å². The Morgan fingerprint density at radius 1 is 1.50 bits per heavy atom. The zero-order valence-corrected chi connectivity index (χ0v) is 10.8. The van der Waals surface area contributed by atoms with Crippen LogP contribution in [0, 0.1) is 0 Å². The molecule has 0 saturated heterocycles. The van der Waals surface area contributed by atoms with Gasteiger partial charge in [0.05, 0.1) is 5.69 Å². The van der Waals surface area contributed by atoms with Crippen molar-refractivity contribution in [2.75, 3.05) is 18.5 Å². The number of anilines is 1. The molecule has 1 atom stereocenters. The molecule has 18 heavy (non-hydrogen) atoms. The summed E-state index contributed by atoms with van der Waals surface area (Å²) in [6.07, 6.45) is 1.88. The third-order valence-corrected chi connectivity index (χ3v) is 4.16. The molecule has 4 heteroatoms. The van der Waals surface area contributed by atoms with E-state index in [-0.39, 0.29) is 11.3 Å². The van der Waals surface area contributed by atoms with Crippen LogP contribution in [0.1, 0.15) is 25.3 Å². The topological polar surface area (TPSA) is 55.6 Å². The Balaban J connectivity index is 2.02. The predicted octanol–water partition coefficient (Wildman–Crippen LogP) is 1.42. The summed E-state index contributed by atoms with van der Waals surface area (Å²) in [5.41, 5.74) is 8.08. The number of nitrogens with zero attached hydrogens (tertiary/aromatic N) is 1. The van der Waals surface area contributed by atoms with E-state index in [1.165, 1.54) is 5.56 Å². The first-order chi connectivity index (χ1) is 8.57. The molecule has 1 aromatic carbocycles.